The number of benzene rings is 4. The van der Waals surface area contributed by atoms with Crippen LogP contribution in [-0.2, 0) is 106 Å². The monoisotopic (exact) mass is 1390 g/mol. The molecule has 91 heavy (non-hydrogen) atoms. The molecule has 10 rings (SSSR count). The molecule has 0 spiro atoms. The molecule has 0 aliphatic carbocycles. The number of ether oxygens (including phenoxy) is 1. The van der Waals surface area contributed by atoms with E-state index in [9.17, 15) is 107 Å². The van der Waals surface area contributed by atoms with Gasteiger partial charge in [-0.3, -0.25) is 46.5 Å². The molecule has 2 saturated heterocycles. The highest BCUT2D eigenvalue weighted by Crippen LogP contribution is 2.51. The Morgan fingerprint density at radius 3 is 1.46 bits per heavy atom. The predicted molar refractivity (Wildman–Crippen MR) is 302 cm³/mol. The number of fused-ring (bicyclic) bond motifs is 8. The number of hydroxylamine groups is 4. The van der Waals surface area contributed by atoms with Crippen LogP contribution < -0.4 is 14.2 Å². The third-order valence-corrected chi connectivity index (χ3v) is 19.4. The van der Waals surface area contributed by atoms with Gasteiger partial charge in [-0.05, 0) is 56.0 Å². The van der Waals surface area contributed by atoms with E-state index in [1.54, 1.807) is 0 Å². The van der Waals surface area contributed by atoms with Crippen molar-refractivity contribution in [3.05, 3.63) is 72.5 Å². The van der Waals surface area contributed by atoms with Crippen LogP contribution in [0.15, 0.2) is 109 Å². The van der Waals surface area contributed by atoms with Gasteiger partial charge in [0.05, 0.1) is 38.4 Å². The number of allylic oxidation sites excluding steroid dienone is 4. The minimum atomic E-state index is -5.54. The van der Waals surface area contributed by atoms with Crippen molar-refractivity contribution in [2.75, 3.05) is 11.4 Å². The highest BCUT2D eigenvalue weighted by molar-refractivity contribution is 7.87. The largest absolute Gasteiger partial charge is 0.454 e. The predicted octanol–water partition coefficient (Wildman–Crippen LogP) is 4.64. The molecule has 3 aromatic heterocycles. The van der Waals surface area contributed by atoms with Gasteiger partial charge in [0, 0.05) is 68.3 Å². The van der Waals surface area contributed by atoms with Crippen LogP contribution in [0.3, 0.4) is 0 Å². The number of imide groups is 2. The lowest BCUT2D eigenvalue weighted by molar-refractivity contribution is -0.678. The van der Waals surface area contributed by atoms with Crippen molar-refractivity contribution in [3.63, 3.8) is 0 Å². The molecular formula is C51H45N4O30S6+. The molecule has 0 radical (unpaired) electrons. The van der Waals surface area contributed by atoms with E-state index in [0.29, 0.717) is 34.4 Å². The van der Waals surface area contributed by atoms with E-state index >= 15 is 0 Å². The molecule has 3 aliphatic heterocycles. The molecule has 484 valence electrons. The first-order valence-electron chi connectivity index (χ1n) is 26.4. The van der Waals surface area contributed by atoms with E-state index in [2.05, 4.69) is 0 Å². The molecular weight excluding hydrogens is 1340 g/mol. The third kappa shape index (κ3) is 13.2. The maximum atomic E-state index is 13.4. The Labute approximate surface area is 511 Å². The summed E-state index contributed by atoms with van der Waals surface area (Å²) in [6.45, 7) is -0.276. The number of amides is 4. The first-order chi connectivity index (χ1) is 42.4. The lowest BCUT2D eigenvalue weighted by atomic mass is 10.1. The fourth-order valence-corrected chi connectivity index (χ4v) is 14.5. The molecule has 4 amide bonds. The molecule has 0 atom stereocenters. The SMILES string of the molecule is O=C(CCCCCN1/C(=C/C=C/C=C/c2oc3c(S(=O)(=O)O)c4c(cc3[n+]2CCCCCC(=O)ON2C(=O)CCC2=O)oc2c(S(=O)(=O)O)cc(S(=O)(=O)O)cc24)Oc2c1cc1oc3c(S(=O)(=O)O)cc(S(=O)(=O)O)cc3c1c2S(=O)(=O)O)ON1C(=O)CCC1=O. The Balaban J connectivity index is 1.03. The normalized spacial score (nSPS) is 16.1. The van der Waals surface area contributed by atoms with Gasteiger partial charge >= 0.3 is 17.8 Å². The molecule has 4 aromatic carbocycles. The number of furan rings is 2. The Hall–Kier alpha value is -8.55. The van der Waals surface area contributed by atoms with Crippen molar-refractivity contribution in [1.82, 2.24) is 10.1 Å². The van der Waals surface area contributed by atoms with E-state index in [0.717, 1.165) is 12.1 Å². The van der Waals surface area contributed by atoms with E-state index in [1.807, 2.05) is 0 Å². The van der Waals surface area contributed by atoms with Gasteiger partial charge in [0.2, 0.25) is 11.5 Å². The van der Waals surface area contributed by atoms with Gasteiger partial charge in [-0.1, -0.05) is 24.6 Å². The maximum Gasteiger partial charge on any atom is 0.374 e. The number of anilines is 1. The van der Waals surface area contributed by atoms with Crippen LogP contribution in [0.1, 0.15) is 82.9 Å². The Morgan fingerprint density at radius 1 is 0.516 bits per heavy atom. The first kappa shape index (κ1) is 65.4. The fraction of sp³-hybridized carbons (Fsp3) is 0.275. The standard InChI is InChI=1S/C51H44N4O30S6/c56-36-14-15-37(57)54(36)84-42(60)12-6-2-8-18-52-30-24-32-44(28-20-26(86(62,63)64)22-34(46(28)80-32)88(68,69)70)50(90(74,75)76)48(30)82-40(52)10-4-1-5-11-41-53(19-9-3-7-13-43(61)85-55-38(58)16-17-39(55)59)31-25-33-45(51(49(31)83-41)91(77,78)79)29-21-27(87(65,66)67)23-35(47(29)81-33)89(71,72)73/h1,4-5,10-11,20-25H,2-3,6-9,12-19H2,(H5-,62,63,64,65,66,67,68,69,70,71,72,73,74,75,76,77,78,79)/p+1. The number of hydrogen-bond acceptors (Lipinski definition) is 25. The molecule has 3 aliphatic rings. The Bertz CT molecular complexity index is 5160. The second kappa shape index (κ2) is 23.9. The summed E-state index contributed by atoms with van der Waals surface area (Å²) in [5, 5.41) is -1.97. The topological polar surface area (TPSA) is 509 Å². The van der Waals surface area contributed by atoms with Crippen molar-refractivity contribution in [3.8, 4) is 5.75 Å². The van der Waals surface area contributed by atoms with Gasteiger partial charge in [0.1, 0.15) is 21.0 Å². The number of carbonyl (C=O) groups excluding carboxylic acids is 6. The minimum Gasteiger partial charge on any atom is -0.454 e. The zero-order chi connectivity index (χ0) is 66.2. The molecule has 0 bridgehead atoms. The maximum absolute atomic E-state index is 13.4. The Kier molecular flexibility index (Phi) is 17.2. The van der Waals surface area contributed by atoms with Crippen molar-refractivity contribution in [1.29, 1.82) is 0 Å². The number of carbonyl (C=O) groups is 6. The van der Waals surface area contributed by atoms with Crippen LogP contribution in [0.4, 0.5) is 5.69 Å². The van der Waals surface area contributed by atoms with Gasteiger partial charge in [-0.15, -0.1) is 10.1 Å². The number of aryl methyl sites for hydroxylation is 1. The third-order valence-electron chi connectivity index (χ3n) is 14.2. The summed E-state index contributed by atoms with van der Waals surface area (Å²) in [6, 6.07) is 4.09. The lowest BCUT2D eigenvalue weighted by Crippen LogP contribution is -2.35. The van der Waals surface area contributed by atoms with E-state index in [4.69, 9.17) is 27.7 Å². The second-order valence-electron chi connectivity index (χ2n) is 20.3. The summed E-state index contributed by atoms with van der Waals surface area (Å²) in [7, 11) is -32.5. The van der Waals surface area contributed by atoms with Gasteiger partial charge < -0.3 is 32.6 Å². The fourth-order valence-electron chi connectivity index (χ4n) is 10.3. The van der Waals surface area contributed by atoms with E-state index in [-0.39, 0.29) is 113 Å². The van der Waals surface area contributed by atoms with Crippen LogP contribution in [0.5, 0.6) is 5.75 Å². The van der Waals surface area contributed by atoms with Crippen LogP contribution in [0, 0.1) is 0 Å². The average Bonchev–Trinajstić information content (AvgIpc) is 1.58. The highest BCUT2D eigenvalue weighted by atomic mass is 32.2. The van der Waals surface area contributed by atoms with E-state index in [1.165, 1.54) is 39.8 Å². The highest BCUT2D eigenvalue weighted by Gasteiger charge is 2.40. The van der Waals surface area contributed by atoms with Gasteiger partial charge in [-0.25, -0.2) is 9.59 Å². The van der Waals surface area contributed by atoms with Crippen molar-refractivity contribution in [2.45, 2.75) is 113 Å². The van der Waals surface area contributed by atoms with Gasteiger partial charge in [0.25, 0.3) is 89.9 Å². The van der Waals surface area contributed by atoms with Crippen LogP contribution in [0.25, 0.3) is 61.1 Å². The molecule has 40 heteroatoms. The summed E-state index contributed by atoms with van der Waals surface area (Å²) in [5.41, 5.74) is -3.77. The minimum absolute atomic E-state index is 0.0913. The van der Waals surface area contributed by atoms with Crippen molar-refractivity contribution < 1.29 is 139 Å². The van der Waals surface area contributed by atoms with E-state index < -0.39 is 181 Å². The zero-order valence-electron chi connectivity index (χ0n) is 46.0. The average molecular weight is 1390 g/mol. The van der Waals surface area contributed by atoms with Gasteiger partial charge in [0.15, 0.2) is 33.3 Å². The molecule has 0 unspecified atom stereocenters. The zero-order valence-corrected chi connectivity index (χ0v) is 50.9. The molecule has 2 fully saturated rings. The van der Waals surface area contributed by atoms with Crippen LogP contribution in [-0.4, -0.2) is 130 Å². The van der Waals surface area contributed by atoms with Gasteiger partial charge in [-0.2, -0.15) is 55.1 Å². The molecule has 7 aromatic rings. The number of oxazole rings is 1. The smallest absolute Gasteiger partial charge is 0.374 e. The molecule has 6 heterocycles. The summed E-state index contributed by atoms with van der Waals surface area (Å²) < 4.78 is 240. The number of unbranched alkanes of at least 4 members (excludes halogenated alkanes) is 4. The lowest BCUT2D eigenvalue weighted by Gasteiger charge is -2.18. The van der Waals surface area contributed by atoms with Crippen molar-refractivity contribution in [2.24, 2.45) is 0 Å². The quantitative estimate of drug-likeness (QED) is 0.0167. The molecule has 34 nitrogen and oxygen atoms in total. The molecule has 6 N–H and O–H groups in total. The second-order valence-corrected chi connectivity index (χ2v) is 28.7. The number of hydrogen-bond donors (Lipinski definition) is 6. The number of rotatable bonds is 23. The number of aromatic nitrogens is 1. The van der Waals surface area contributed by atoms with Crippen molar-refractivity contribution >= 4 is 163 Å². The Morgan fingerprint density at radius 2 is 0.989 bits per heavy atom. The summed E-state index contributed by atoms with van der Waals surface area (Å²) in [4.78, 5) is 77.2. The van der Waals surface area contributed by atoms with Crippen LogP contribution >= 0.6 is 0 Å². The van der Waals surface area contributed by atoms with Crippen LogP contribution in [0.2, 0.25) is 0 Å². The number of nitrogens with zero attached hydrogens (tertiary/aromatic N) is 4. The first-order valence-corrected chi connectivity index (χ1v) is 35.0. The molecule has 0 saturated carbocycles. The summed E-state index contributed by atoms with van der Waals surface area (Å²) in [5.74, 6) is -5.80. The summed E-state index contributed by atoms with van der Waals surface area (Å²) in [6.07, 6.45) is 5.93. The summed E-state index contributed by atoms with van der Waals surface area (Å²) >= 11 is 0.